The van der Waals surface area contributed by atoms with Crippen LogP contribution in [0.3, 0.4) is 0 Å². The third-order valence-corrected chi connectivity index (χ3v) is 4.95. The minimum absolute atomic E-state index is 0.0660. The molecule has 22 heavy (non-hydrogen) atoms. The summed E-state index contributed by atoms with van der Waals surface area (Å²) in [5.74, 6) is -1.15. The van der Waals surface area contributed by atoms with Gasteiger partial charge in [0.05, 0.1) is 18.0 Å². The highest BCUT2D eigenvalue weighted by Crippen LogP contribution is 2.49. The van der Waals surface area contributed by atoms with Gasteiger partial charge in [0, 0.05) is 22.4 Å². The van der Waals surface area contributed by atoms with Crippen LogP contribution in [0.25, 0.3) is 0 Å². The molecule has 1 amide bonds. The molecule has 1 aliphatic carbocycles. The zero-order valence-electron chi connectivity index (χ0n) is 12.1. The van der Waals surface area contributed by atoms with Crippen molar-refractivity contribution in [2.75, 3.05) is 6.54 Å². The molecule has 6 nitrogen and oxygen atoms in total. The maximum atomic E-state index is 12.2. The Morgan fingerprint density at radius 1 is 1.59 bits per heavy atom. The molecule has 3 rings (SSSR count). The van der Waals surface area contributed by atoms with E-state index in [1.807, 2.05) is 6.92 Å². The van der Waals surface area contributed by atoms with Gasteiger partial charge in [-0.2, -0.15) is 0 Å². The lowest BCUT2D eigenvalue weighted by Gasteiger charge is -2.27. The van der Waals surface area contributed by atoms with Crippen molar-refractivity contribution >= 4 is 29.4 Å². The number of amides is 1. The average Bonchev–Trinajstić information content (AvgIpc) is 3.16. The molecule has 1 saturated carbocycles. The van der Waals surface area contributed by atoms with Crippen molar-refractivity contribution in [3.05, 3.63) is 34.2 Å². The van der Waals surface area contributed by atoms with Crippen molar-refractivity contribution in [1.82, 2.24) is 10.6 Å². The minimum Gasteiger partial charge on any atom is -0.481 e. The highest BCUT2D eigenvalue weighted by atomic mass is 32.1. The van der Waals surface area contributed by atoms with Crippen LogP contribution in [0.1, 0.15) is 34.5 Å². The first-order chi connectivity index (χ1) is 10.5. The van der Waals surface area contributed by atoms with Gasteiger partial charge in [0.1, 0.15) is 5.66 Å². The summed E-state index contributed by atoms with van der Waals surface area (Å²) in [7, 11) is 0. The number of hydrogen-bond donors (Lipinski definition) is 3. The summed E-state index contributed by atoms with van der Waals surface area (Å²) in [5, 5.41) is 16.7. The van der Waals surface area contributed by atoms with E-state index in [4.69, 9.17) is 5.11 Å². The number of allylic oxidation sites excluding steroid dienone is 1. The van der Waals surface area contributed by atoms with Crippen molar-refractivity contribution in [2.24, 2.45) is 10.9 Å². The Morgan fingerprint density at radius 2 is 2.41 bits per heavy atom. The molecule has 0 spiro atoms. The molecule has 116 valence electrons. The van der Waals surface area contributed by atoms with Crippen LogP contribution in [0, 0.1) is 5.92 Å². The summed E-state index contributed by atoms with van der Waals surface area (Å²) in [6.07, 6.45) is 5.95. The topological polar surface area (TPSA) is 90.8 Å². The van der Waals surface area contributed by atoms with Crippen LogP contribution in [0.5, 0.6) is 0 Å². The molecule has 0 aromatic carbocycles. The fourth-order valence-electron chi connectivity index (χ4n) is 2.42. The van der Waals surface area contributed by atoms with Crippen molar-refractivity contribution < 1.29 is 14.7 Å². The quantitative estimate of drug-likeness (QED) is 0.768. The molecule has 2 aliphatic rings. The highest BCUT2D eigenvalue weighted by molar-refractivity contribution is 7.10. The number of aliphatic imine (C=N–C) groups is 1. The predicted molar refractivity (Wildman–Crippen MR) is 84.3 cm³/mol. The van der Waals surface area contributed by atoms with Crippen LogP contribution in [-0.2, 0) is 4.79 Å². The molecule has 7 heteroatoms. The molecule has 1 fully saturated rings. The summed E-state index contributed by atoms with van der Waals surface area (Å²) in [6.45, 7) is 2.27. The number of nitrogens with one attached hydrogen (secondary N) is 2. The summed E-state index contributed by atoms with van der Waals surface area (Å²) in [6, 6.07) is 1.80. The van der Waals surface area contributed by atoms with Crippen molar-refractivity contribution in [3.8, 4) is 0 Å². The van der Waals surface area contributed by atoms with Gasteiger partial charge in [0.2, 0.25) is 0 Å². The molecule has 3 atom stereocenters. The predicted octanol–water partition coefficient (Wildman–Crippen LogP) is 1.57. The maximum Gasteiger partial charge on any atom is 0.307 e. The molecular weight excluding hydrogens is 302 g/mol. The zero-order valence-corrected chi connectivity index (χ0v) is 12.9. The van der Waals surface area contributed by atoms with Gasteiger partial charge in [0.25, 0.3) is 5.91 Å². The van der Waals surface area contributed by atoms with Crippen LogP contribution in [0.4, 0.5) is 0 Å². The average molecular weight is 319 g/mol. The summed E-state index contributed by atoms with van der Waals surface area (Å²) in [4.78, 5) is 28.4. The number of rotatable bonds is 5. The van der Waals surface area contributed by atoms with E-state index in [1.54, 1.807) is 29.9 Å². The lowest BCUT2D eigenvalue weighted by Crippen LogP contribution is -2.48. The van der Waals surface area contributed by atoms with E-state index in [0.29, 0.717) is 18.5 Å². The Hall–Kier alpha value is -2.15. The fourth-order valence-corrected chi connectivity index (χ4v) is 3.48. The number of carboxylic acids is 1. The Bertz CT molecular complexity index is 667. The number of carbonyl (C=O) groups is 2. The Kier molecular flexibility index (Phi) is 3.74. The molecule has 2 heterocycles. The summed E-state index contributed by atoms with van der Waals surface area (Å²) >= 11 is 1.45. The van der Waals surface area contributed by atoms with Gasteiger partial charge in [-0.25, -0.2) is 0 Å². The largest absolute Gasteiger partial charge is 0.481 e. The van der Waals surface area contributed by atoms with Gasteiger partial charge in [-0.05, 0) is 31.7 Å². The van der Waals surface area contributed by atoms with Crippen molar-refractivity contribution in [3.63, 3.8) is 0 Å². The van der Waals surface area contributed by atoms with Gasteiger partial charge >= 0.3 is 5.97 Å². The second-order valence-corrected chi connectivity index (χ2v) is 6.71. The molecule has 1 aliphatic heterocycles. The molecule has 1 aromatic heterocycles. The first-order valence-electron chi connectivity index (χ1n) is 7.06. The summed E-state index contributed by atoms with van der Waals surface area (Å²) in [5.41, 5.74) is 0.0451. The standard InChI is InChI=1S/C15H17N3O3S/c1-15(17-3-2-4-18-15)8-16-13(19)9-5-12(22-7-9)10-6-11(10)14(20)21/h2-5,7,10-11,17H,6,8H2,1H3,(H,16,19)(H,20,21). The van der Waals surface area contributed by atoms with Gasteiger partial charge in [-0.1, -0.05) is 0 Å². The van der Waals surface area contributed by atoms with E-state index in [1.165, 1.54) is 11.3 Å². The lowest BCUT2D eigenvalue weighted by atomic mass is 10.2. The second kappa shape index (κ2) is 5.57. The van der Waals surface area contributed by atoms with E-state index in [0.717, 1.165) is 4.88 Å². The number of carboxylic acid groups (broad SMARTS) is 1. The van der Waals surface area contributed by atoms with Crippen molar-refractivity contribution in [2.45, 2.75) is 24.9 Å². The van der Waals surface area contributed by atoms with E-state index in [2.05, 4.69) is 15.6 Å². The number of aliphatic carboxylic acids is 1. The van der Waals surface area contributed by atoms with Crippen LogP contribution in [0.2, 0.25) is 0 Å². The molecule has 3 unspecified atom stereocenters. The Balaban J connectivity index is 1.57. The molecular formula is C15H17N3O3S. The van der Waals surface area contributed by atoms with Gasteiger partial charge in [-0.3, -0.25) is 14.6 Å². The molecule has 0 bridgehead atoms. The van der Waals surface area contributed by atoms with Crippen LogP contribution >= 0.6 is 11.3 Å². The van der Waals surface area contributed by atoms with Crippen LogP contribution in [-0.4, -0.2) is 35.4 Å². The van der Waals surface area contributed by atoms with E-state index >= 15 is 0 Å². The lowest BCUT2D eigenvalue weighted by molar-refractivity contribution is -0.138. The van der Waals surface area contributed by atoms with Crippen LogP contribution in [0.15, 0.2) is 28.7 Å². The molecule has 0 saturated heterocycles. The zero-order chi connectivity index (χ0) is 15.7. The molecule has 0 radical (unpaired) electrons. The van der Waals surface area contributed by atoms with Crippen LogP contribution < -0.4 is 10.6 Å². The molecule has 3 N–H and O–H groups in total. The second-order valence-electron chi connectivity index (χ2n) is 5.76. The maximum absolute atomic E-state index is 12.2. The van der Waals surface area contributed by atoms with Gasteiger partial charge < -0.3 is 15.7 Å². The Morgan fingerprint density at radius 3 is 3.05 bits per heavy atom. The molecule has 1 aromatic rings. The van der Waals surface area contributed by atoms with Gasteiger partial charge in [-0.15, -0.1) is 11.3 Å². The van der Waals surface area contributed by atoms with E-state index < -0.39 is 11.6 Å². The fraction of sp³-hybridized carbons (Fsp3) is 0.400. The minimum atomic E-state index is -0.758. The number of carbonyl (C=O) groups excluding carboxylic acids is 1. The van der Waals surface area contributed by atoms with E-state index in [-0.39, 0.29) is 17.7 Å². The first-order valence-corrected chi connectivity index (χ1v) is 7.94. The number of nitrogens with zero attached hydrogens (tertiary/aromatic N) is 1. The SMILES string of the molecule is CC1(CNC(=O)c2csc(C3CC3C(=O)O)c2)N=CC=CN1. The highest BCUT2D eigenvalue weighted by Gasteiger charge is 2.45. The summed E-state index contributed by atoms with van der Waals surface area (Å²) < 4.78 is 0. The number of hydrogen-bond acceptors (Lipinski definition) is 5. The third kappa shape index (κ3) is 3.04. The van der Waals surface area contributed by atoms with E-state index in [9.17, 15) is 9.59 Å². The van der Waals surface area contributed by atoms with Gasteiger partial charge in [0.15, 0.2) is 0 Å². The number of thiophene rings is 1. The first kappa shape index (κ1) is 14.8. The third-order valence-electron chi connectivity index (χ3n) is 3.88. The van der Waals surface area contributed by atoms with Crippen molar-refractivity contribution in [1.29, 1.82) is 0 Å². The Labute approximate surface area is 131 Å². The monoisotopic (exact) mass is 319 g/mol. The smallest absolute Gasteiger partial charge is 0.307 e. The normalized spacial score (nSPS) is 29.0.